The van der Waals surface area contributed by atoms with Gasteiger partial charge < -0.3 is 9.47 Å². The fourth-order valence-electron chi connectivity index (χ4n) is 2.71. The molecule has 0 fully saturated rings. The van der Waals surface area contributed by atoms with Crippen molar-refractivity contribution in [3.05, 3.63) is 10.1 Å². The topological polar surface area (TPSA) is 95.7 Å². The first kappa shape index (κ1) is 23.3. The summed E-state index contributed by atoms with van der Waals surface area (Å²) < 4.78 is 9.85. The number of carbonyl (C=O) groups is 2. The van der Waals surface area contributed by atoms with Crippen LogP contribution in [0.4, 0.5) is 0 Å². The quantitative estimate of drug-likeness (QED) is 0.189. The van der Waals surface area contributed by atoms with E-state index in [-0.39, 0.29) is 6.61 Å². The molecule has 0 radical (unpaired) electrons. The molecule has 0 saturated heterocycles. The summed E-state index contributed by atoms with van der Waals surface area (Å²) in [7, 11) is 0. The molecule has 0 bridgehead atoms. The van der Waals surface area contributed by atoms with Crippen LogP contribution in [0.1, 0.15) is 85.0 Å². The second-order valence-corrected chi connectivity index (χ2v) is 6.42. The Hall–Kier alpha value is -1.66. The minimum absolute atomic E-state index is 0.377. The van der Waals surface area contributed by atoms with Crippen molar-refractivity contribution in [2.75, 3.05) is 6.61 Å². The molecular formula is C18H33NO6. The van der Waals surface area contributed by atoms with E-state index in [1.54, 1.807) is 0 Å². The van der Waals surface area contributed by atoms with Crippen LogP contribution >= 0.6 is 0 Å². The summed E-state index contributed by atoms with van der Waals surface area (Å²) in [6.07, 6.45) is 9.76. The van der Waals surface area contributed by atoms with Gasteiger partial charge in [-0.2, -0.15) is 0 Å². The summed E-state index contributed by atoms with van der Waals surface area (Å²) in [5.74, 6) is -1.15. The highest BCUT2D eigenvalue weighted by molar-refractivity contribution is 5.66. The molecule has 2 atom stereocenters. The highest BCUT2D eigenvalue weighted by Crippen LogP contribution is 2.16. The predicted molar refractivity (Wildman–Crippen MR) is 94.8 cm³/mol. The third-order valence-electron chi connectivity index (χ3n) is 4.07. The van der Waals surface area contributed by atoms with E-state index in [0.29, 0.717) is 6.42 Å². The highest BCUT2D eigenvalue weighted by atomic mass is 16.6. The van der Waals surface area contributed by atoms with Crippen molar-refractivity contribution in [1.82, 2.24) is 0 Å². The lowest BCUT2D eigenvalue weighted by Gasteiger charge is -2.20. The van der Waals surface area contributed by atoms with Crippen LogP contribution < -0.4 is 0 Å². The molecule has 146 valence electrons. The Kier molecular flexibility index (Phi) is 13.7. The van der Waals surface area contributed by atoms with Gasteiger partial charge in [0.25, 0.3) is 6.04 Å². The van der Waals surface area contributed by atoms with Crippen molar-refractivity contribution in [1.29, 1.82) is 0 Å². The number of hydrogen-bond donors (Lipinski definition) is 0. The molecule has 25 heavy (non-hydrogen) atoms. The predicted octanol–water partition coefficient (Wildman–Crippen LogP) is 4.05. The summed E-state index contributed by atoms with van der Waals surface area (Å²) in [6, 6.07) is -1.22. The van der Waals surface area contributed by atoms with Crippen LogP contribution in [-0.4, -0.2) is 35.6 Å². The fraction of sp³-hybridized carbons (Fsp3) is 0.889. The molecule has 0 spiro atoms. The molecule has 0 aromatic heterocycles. The Morgan fingerprint density at radius 3 is 1.88 bits per heavy atom. The Labute approximate surface area is 150 Å². The van der Waals surface area contributed by atoms with E-state index in [9.17, 15) is 19.7 Å². The minimum atomic E-state index is -1.22. The second-order valence-electron chi connectivity index (χ2n) is 6.42. The van der Waals surface area contributed by atoms with Crippen molar-refractivity contribution in [2.24, 2.45) is 0 Å². The molecule has 0 heterocycles. The van der Waals surface area contributed by atoms with E-state index in [2.05, 4.69) is 6.92 Å². The molecule has 0 aromatic rings. The number of rotatable bonds is 15. The number of hydrogen-bond acceptors (Lipinski definition) is 6. The maximum atomic E-state index is 11.2. The van der Waals surface area contributed by atoms with Crippen LogP contribution in [0.5, 0.6) is 0 Å². The lowest BCUT2D eigenvalue weighted by Crippen LogP contribution is -2.41. The van der Waals surface area contributed by atoms with Gasteiger partial charge in [0.2, 0.25) is 0 Å². The first-order valence-electron chi connectivity index (χ1n) is 9.32. The highest BCUT2D eigenvalue weighted by Gasteiger charge is 2.34. The van der Waals surface area contributed by atoms with E-state index in [1.165, 1.54) is 46.0 Å². The number of esters is 2. The van der Waals surface area contributed by atoms with Crippen LogP contribution in [-0.2, 0) is 19.1 Å². The normalized spacial score (nSPS) is 13.1. The van der Waals surface area contributed by atoms with Crippen LogP contribution in [0.3, 0.4) is 0 Å². The Bertz CT molecular complexity index is 399. The summed E-state index contributed by atoms with van der Waals surface area (Å²) in [5.41, 5.74) is 0. The molecule has 0 aliphatic heterocycles. The molecule has 0 aliphatic carbocycles. The van der Waals surface area contributed by atoms with Crippen LogP contribution in [0, 0.1) is 10.1 Å². The van der Waals surface area contributed by atoms with Crippen molar-refractivity contribution in [3.63, 3.8) is 0 Å². The zero-order valence-electron chi connectivity index (χ0n) is 15.8. The van der Waals surface area contributed by atoms with Crippen molar-refractivity contribution >= 4 is 11.9 Å². The summed E-state index contributed by atoms with van der Waals surface area (Å²) in [6.45, 7) is 4.24. The van der Waals surface area contributed by atoms with E-state index >= 15 is 0 Å². The third kappa shape index (κ3) is 13.3. The molecule has 0 aromatic carbocycles. The lowest BCUT2D eigenvalue weighted by molar-refractivity contribution is -0.537. The Morgan fingerprint density at radius 1 is 0.920 bits per heavy atom. The first-order chi connectivity index (χ1) is 11.9. The van der Waals surface area contributed by atoms with Gasteiger partial charge in [-0.3, -0.25) is 19.7 Å². The van der Waals surface area contributed by atoms with Gasteiger partial charge in [0, 0.05) is 18.8 Å². The number of carbonyl (C=O) groups excluding carboxylic acids is 2. The lowest BCUT2D eigenvalue weighted by atomic mass is 10.0. The molecule has 7 heteroatoms. The molecule has 0 aliphatic rings. The Balaban J connectivity index is 4.21. The smallest absolute Gasteiger partial charge is 0.303 e. The second kappa shape index (κ2) is 14.7. The van der Waals surface area contributed by atoms with Crippen molar-refractivity contribution in [2.45, 2.75) is 97.1 Å². The van der Waals surface area contributed by atoms with Gasteiger partial charge in [0.1, 0.15) is 0 Å². The number of unbranched alkanes of at least 4 members (excludes halogenated alkanes) is 8. The molecule has 7 nitrogen and oxygen atoms in total. The van der Waals surface area contributed by atoms with Gasteiger partial charge in [0.15, 0.2) is 12.7 Å². The zero-order valence-corrected chi connectivity index (χ0v) is 15.8. The van der Waals surface area contributed by atoms with Gasteiger partial charge in [-0.05, 0) is 12.8 Å². The average molecular weight is 359 g/mol. The van der Waals surface area contributed by atoms with Crippen LogP contribution in [0.25, 0.3) is 0 Å². The van der Waals surface area contributed by atoms with Gasteiger partial charge in [0.05, 0.1) is 0 Å². The fourth-order valence-corrected chi connectivity index (χ4v) is 2.71. The molecule has 2 unspecified atom stereocenters. The number of nitro groups is 1. The van der Waals surface area contributed by atoms with Crippen molar-refractivity contribution in [3.8, 4) is 0 Å². The molecule has 0 amide bonds. The van der Waals surface area contributed by atoms with Crippen molar-refractivity contribution < 1.29 is 24.0 Å². The third-order valence-corrected chi connectivity index (χ3v) is 4.07. The Morgan fingerprint density at radius 2 is 1.44 bits per heavy atom. The van der Waals surface area contributed by atoms with E-state index in [4.69, 9.17) is 9.47 Å². The zero-order chi connectivity index (χ0) is 19.1. The van der Waals surface area contributed by atoms with Crippen LogP contribution in [0.2, 0.25) is 0 Å². The van der Waals surface area contributed by atoms with E-state index in [1.807, 2.05) is 0 Å². The van der Waals surface area contributed by atoms with Gasteiger partial charge in [-0.15, -0.1) is 0 Å². The van der Waals surface area contributed by atoms with Gasteiger partial charge in [-0.1, -0.05) is 58.3 Å². The van der Waals surface area contributed by atoms with E-state index in [0.717, 1.165) is 25.7 Å². The van der Waals surface area contributed by atoms with Gasteiger partial charge >= 0.3 is 11.9 Å². The SMILES string of the molecule is CCCCCCCCCCCC(OC(C)=O)C(COC(C)=O)[N+](=O)[O-]. The first-order valence-corrected chi connectivity index (χ1v) is 9.32. The molecule has 0 N–H and O–H groups in total. The summed E-state index contributed by atoms with van der Waals surface area (Å²) in [4.78, 5) is 32.8. The average Bonchev–Trinajstić information content (AvgIpc) is 2.52. The monoisotopic (exact) mass is 359 g/mol. The standard InChI is InChI=1S/C18H33NO6/c1-4-5-6-7-8-9-10-11-12-13-18(25-16(3)21)17(19(22)23)14-24-15(2)20/h17-18H,4-14H2,1-3H3. The summed E-state index contributed by atoms with van der Waals surface area (Å²) >= 11 is 0. The number of nitrogens with zero attached hydrogens (tertiary/aromatic N) is 1. The number of ether oxygens (including phenoxy) is 2. The molecular weight excluding hydrogens is 326 g/mol. The maximum Gasteiger partial charge on any atom is 0.303 e. The molecule has 0 saturated carbocycles. The molecule has 0 rings (SSSR count). The van der Waals surface area contributed by atoms with E-state index < -0.39 is 29.0 Å². The van der Waals surface area contributed by atoms with Crippen LogP contribution in [0.15, 0.2) is 0 Å². The summed E-state index contributed by atoms with van der Waals surface area (Å²) in [5, 5.41) is 11.2. The van der Waals surface area contributed by atoms with Gasteiger partial charge in [-0.25, -0.2) is 0 Å². The minimum Gasteiger partial charge on any atom is -0.458 e. The maximum absolute atomic E-state index is 11.2. The largest absolute Gasteiger partial charge is 0.458 e.